The maximum atomic E-state index is 12.1. The molecule has 1 amide bonds. The average molecular weight is 389 g/mol. The van der Waals surface area contributed by atoms with Crippen LogP contribution in [-0.4, -0.2) is 18.1 Å². The number of aromatic hydroxyl groups is 1. The molecule has 5 heteroatoms. The lowest BCUT2D eigenvalue weighted by molar-refractivity contribution is -0.111. The largest absolute Gasteiger partial charge is 0.508 e. The Morgan fingerprint density at radius 1 is 1.03 bits per heavy atom. The van der Waals surface area contributed by atoms with Crippen LogP contribution < -0.4 is 14.8 Å². The highest BCUT2D eigenvalue weighted by molar-refractivity contribution is 6.01. The molecule has 3 rings (SSSR count). The summed E-state index contributed by atoms with van der Waals surface area (Å²) in [5, 5.41) is 12.0. The number of hydrogen-bond donors (Lipinski definition) is 2. The zero-order valence-electron chi connectivity index (χ0n) is 16.4. The molecule has 3 aromatic carbocycles. The second-order valence-corrected chi connectivity index (χ2v) is 6.49. The van der Waals surface area contributed by atoms with Gasteiger partial charge in [0.2, 0.25) is 5.91 Å². The predicted octanol–water partition coefficient (Wildman–Crippen LogP) is 4.94. The maximum Gasteiger partial charge on any atom is 0.248 e. The number of aryl methyl sites for hydroxylation is 1. The first-order chi connectivity index (χ1) is 14.0. The predicted molar refractivity (Wildman–Crippen MR) is 114 cm³/mol. The average Bonchev–Trinajstić information content (AvgIpc) is 2.73. The van der Waals surface area contributed by atoms with Gasteiger partial charge < -0.3 is 19.9 Å². The molecule has 0 aliphatic rings. The molecule has 0 aliphatic heterocycles. The maximum absolute atomic E-state index is 12.1. The molecule has 0 fully saturated rings. The third-order valence-corrected chi connectivity index (χ3v) is 4.39. The Morgan fingerprint density at radius 2 is 1.79 bits per heavy atom. The minimum Gasteiger partial charge on any atom is -0.508 e. The van der Waals surface area contributed by atoms with Crippen molar-refractivity contribution < 1.29 is 19.4 Å². The lowest BCUT2D eigenvalue weighted by Crippen LogP contribution is -2.07. The first-order valence-electron chi connectivity index (χ1n) is 9.18. The summed E-state index contributed by atoms with van der Waals surface area (Å²) in [6, 6.07) is 19.9. The van der Waals surface area contributed by atoms with Crippen LogP contribution in [0.15, 0.2) is 72.8 Å². The van der Waals surface area contributed by atoms with E-state index in [9.17, 15) is 9.90 Å². The molecule has 0 aromatic heterocycles. The summed E-state index contributed by atoms with van der Waals surface area (Å²) in [5.41, 5.74) is 3.70. The highest BCUT2D eigenvalue weighted by atomic mass is 16.5. The molecule has 0 saturated carbocycles. The summed E-state index contributed by atoms with van der Waals surface area (Å²) >= 11 is 0. The Balaban J connectivity index is 1.64. The zero-order valence-corrected chi connectivity index (χ0v) is 16.4. The number of anilines is 1. The highest BCUT2D eigenvalue weighted by Crippen LogP contribution is 2.29. The fourth-order valence-electron chi connectivity index (χ4n) is 2.74. The standard InChI is InChI=1S/C24H23NO4/c1-17-5-3-4-6-19(17)16-29-22-13-7-18(15-23(22)28-2)8-14-24(27)25-20-9-11-21(26)12-10-20/h3-15,26H,16H2,1-2H3,(H,25,27)/b14-8+. The number of phenolic OH excluding ortho intramolecular Hbond substituents is 1. The first-order valence-corrected chi connectivity index (χ1v) is 9.18. The van der Waals surface area contributed by atoms with Gasteiger partial charge in [0.25, 0.3) is 0 Å². The number of rotatable bonds is 7. The molecule has 3 aromatic rings. The van der Waals surface area contributed by atoms with Gasteiger partial charge >= 0.3 is 0 Å². The molecule has 0 atom stereocenters. The Hall–Kier alpha value is -3.73. The molecular weight excluding hydrogens is 366 g/mol. The monoisotopic (exact) mass is 389 g/mol. The molecule has 0 heterocycles. The summed E-state index contributed by atoms with van der Waals surface area (Å²) in [6.45, 7) is 2.50. The van der Waals surface area contributed by atoms with Crippen molar-refractivity contribution >= 4 is 17.7 Å². The third-order valence-electron chi connectivity index (χ3n) is 4.39. The van der Waals surface area contributed by atoms with Gasteiger partial charge in [-0.25, -0.2) is 0 Å². The number of ether oxygens (including phenoxy) is 2. The van der Waals surface area contributed by atoms with Gasteiger partial charge in [0.1, 0.15) is 12.4 Å². The Morgan fingerprint density at radius 3 is 2.52 bits per heavy atom. The topological polar surface area (TPSA) is 67.8 Å². The van der Waals surface area contributed by atoms with E-state index in [-0.39, 0.29) is 11.7 Å². The van der Waals surface area contributed by atoms with Crippen molar-refractivity contribution in [3.8, 4) is 17.2 Å². The number of benzene rings is 3. The third kappa shape index (κ3) is 5.62. The lowest BCUT2D eigenvalue weighted by Gasteiger charge is -2.12. The zero-order chi connectivity index (χ0) is 20.6. The van der Waals surface area contributed by atoms with Crippen molar-refractivity contribution in [2.24, 2.45) is 0 Å². The van der Waals surface area contributed by atoms with Crippen LogP contribution in [0.1, 0.15) is 16.7 Å². The first kappa shape index (κ1) is 20.0. The van der Waals surface area contributed by atoms with E-state index in [1.807, 2.05) is 49.4 Å². The summed E-state index contributed by atoms with van der Waals surface area (Å²) in [4.78, 5) is 12.1. The Labute approximate surface area is 170 Å². The Bertz CT molecular complexity index is 1010. The van der Waals surface area contributed by atoms with Gasteiger partial charge in [-0.1, -0.05) is 30.3 Å². The van der Waals surface area contributed by atoms with Crippen molar-refractivity contribution in [3.05, 3.63) is 89.5 Å². The van der Waals surface area contributed by atoms with Gasteiger partial charge in [0.05, 0.1) is 7.11 Å². The fourth-order valence-corrected chi connectivity index (χ4v) is 2.74. The van der Waals surface area contributed by atoms with Crippen molar-refractivity contribution in [1.29, 1.82) is 0 Å². The van der Waals surface area contributed by atoms with Crippen molar-refractivity contribution in [1.82, 2.24) is 0 Å². The fraction of sp³-hybridized carbons (Fsp3) is 0.125. The van der Waals surface area contributed by atoms with Crippen LogP contribution in [0.25, 0.3) is 6.08 Å². The van der Waals surface area contributed by atoms with Gasteiger partial charge in [0, 0.05) is 11.8 Å². The SMILES string of the molecule is COc1cc(/C=C/C(=O)Nc2ccc(O)cc2)ccc1OCc1ccccc1C. The number of carbonyl (C=O) groups is 1. The van der Waals surface area contributed by atoms with Crippen LogP contribution in [0.3, 0.4) is 0 Å². The Kier molecular flexibility index (Phi) is 6.53. The minimum absolute atomic E-state index is 0.148. The van der Waals surface area contributed by atoms with Gasteiger partial charge in [-0.15, -0.1) is 0 Å². The smallest absolute Gasteiger partial charge is 0.248 e. The normalized spacial score (nSPS) is 10.7. The summed E-state index contributed by atoms with van der Waals surface area (Å²) in [5.74, 6) is 1.12. The van der Waals surface area contributed by atoms with Crippen LogP contribution in [0.4, 0.5) is 5.69 Å². The molecule has 2 N–H and O–H groups in total. The van der Waals surface area contributed by atoms with Gasteiger partial charge in [-0.05, 0) is 66.1 Å². The van der Waals surface area contributed by atoms with Crippen LogP contribution in [-0.2, 0) is 11.4 Å². The lowest BCUT2D eigenvalue weighted by atomic mass is 10.1. The van der Waals surface area contributed by atoms with E-state index < -0.39 is 0 Å². The number of methoxy groups -OCH3 is 1. The van der Waals surface area contributed by atoms with Crippen molar-refractivity contribution in [3.63, 3.8) is 0 Å². The number of nitrogens with one attached hydrogen (secondary N) is 1. The molecule has 0 radical (unpaired) electrons. The van der Waals surface area contributed by atoms with Gasteiger partial charge in [-0.2, -0.15) is 0 Å². The number of hydrogen-bond acceptors (Lipinski definition) is 4. The number of phenols is 1. The van der Waals surface area contributed by atoms with E-state index in [1.165, 1.54) is 23.8 Å². The second kappa shape index (κ2) is 9.46. The second-order valence-electron chi connectivity index (χ2n) is 6.49. The van der Waals surface area contributed by atoms with E-state index in [0.717, 1.165) is 11.1 Å². The molecular formula is C24H23NO4. The summed E-state index contributed by atoms with van der Waals surface area (Å²) < 4.78 is 11.4. The molecule has 29 heavy (non-hydrogen) atoms. The number of amides is 1. The molecule has 0 unspecified atom stereocenters. The molecule has 5 nitrogen and oxygen atoms in total. The van der Waals surface area contributed by atoms with Crippen molar-refractivity contribution in [2.45, 2.75) is 13.5 Å². The number of carbonyl (C=O) groups excluding carboxylic acids is 1. The highest BCUT2D eigenvalue weighted by Gasteiger charge is 2.07. The van der Waals surface area contributed by atoms with E-state index in [0.29, 0.717) is 23.8 Å². The van der Waals surface area contributed by atoms with E-state index in [1.54, 1.807) is 25.3 Å². The molecule has 0 aliphatic carbocycles. The van der Waals surface area contributed by atoms with Crippen molar-refractivity contribution in [2.75, 3.05) is 12.4 Å². The molecule has 0 saturated heterocycles. The van der Waals surface area contributed by atoms with Gasteiger partial charge in [-0.3, -0.25) is 4.79 Å². The van der Waals surface area contributed by atoms with Crippen LogP contribution in [0.2, 0.25) is 0 Å². The van der Waals surface area contributed by atoms with Crippen LogP contribution >= 0.6 is 0 Å². The summed E-state index contributed by atoms with van der Waals surface area (Å²) in [7, 11) is 1.58. The van der Waals surface area contributed by atoms with E-state index in [2.05, 4.69) is 5.32 Å². The molecule has 148 valence electrons. The minimum atomic E-state index is -0.269. The summed E-state index contributed by atoms with van der Waals surface area (Å²) in [6.07, 6.45) is 3.14. The quantitative estimate of drug-likeness (QED) is 0.444. The van der Waals surface area contributed by atoms with E-state index >= 15 is 0 Å². The van der Waals surface area contributed by atoms with Gasteiger partial charge in [0.15, 0.2) is 11.5 Å². The van der Waals surface area contributed by atoms with E-state index in [4.69, 9.17) is 9.47 Å². The van der Waals surface area contributed by atoms with Crippen LogP contribution in [0, 0.1) is 6.92 Å². The molecule has 0 bridgehead atoms. The molecule has 0 spiro atoms. The van der Waals surface area contributed by atoms with Crippen LogP contribution in [0.5, 0.6) is 17.2 Å².